The highest BCUT2D eigenvalue weighted by Gasteiger charge is 2.52. The van der Waals surface area contributed by atoms with Gasteiger partial charge in [0.2, 0.25) is 0 Å². The van der Waals surface area contributed by atoms with Crippen molar-refractivity contribution < 1.29 is 67.9 Å². The Balaban J connectivity index is 0.000000187. The Bertz CT molecular complexity index is 2720. The second kappa shape index (κ2) is 25.4. The molecule has 5 fully saturated rings. The molecule has 0 bridgehead atoms. The number of likely N-dealkylation sites (tertiary alicyclic amines) is 2. The van der Waals surface area contributed by atoms with Crippen molar-refractivity contribution >= 4 is 70.2 Å². The Hall–Kier alpha value is -5.12. The topological polar surface area (TPSA) is 134 Å². The number of pyridine rings is 2. The molecule has 2 N–H and O–H groups in total. The Kier molecular flexibility index (Phi) is 19.7. The summed E-state index contributed by atoms with van der Waals surface area (Å²) in [7, 11) is -0.556. The Morgan fingerprint density at radius 2 is 1.10 bits per heavy atom. The minimum Gasteiger partial charge on any atom is -0.399 e. The van der Waals surface area contributed by atoms with E-state index in [1.54, 1.807) is 48.2 Å². The van der Waals surface area contributed by atoms with Crippen LogP contribution >= 0.6 is 22.6 Å². The molecule has 79 heavy (non-hydrogen) atoms. The van der Waals surface area contributed by atoms with Crippen molar-refractivity contribution in [1.82, 2.24) is 19.8 Å². The zero-order valence-corrected chi connectivity index (χ0v) is 47.4. The monoisotopic (exact) mass is 1230 g/mol. The van der Waals surface area contributed by atoms with Crippen molar-refractivity contribution in [2.45, 2.75) is 104 Å². The van der Waals surface area contributed by atoms with E-state index in [-0.39, 0.29) is 31.9 Å². The van der Waals surface area contributed by atoms with E-state index >= 15 is 0 Å². The molecule has 0 radical (unpaired) electrons. The number of carbonyl (C=O) groups is 2. The molecule has 4 amide bonds. The summed E-state index contributed by atoms with van der Waals surface area (Å²) < 4.78 is 141. The van der Waals surface area contributed by atoms with Gasteiger partial charge in [0.25, 0.3) is 0 Å². The lowest BCUT2D eigenvalue weighted by atomic mass is 9.76. The number of ether oxygens (including phenoxy) is 2. The molecule has 14 nitrogen and oxygen atoms in total. The second-order valence-electron chi connectivity index (χ2n) is 21.5. The van der Waals surface area contributed by atoms with Crippen LogP contribution in [0.3, 0.4) is 0 Å². The normalized spacial score (nSPS) is 20.3. The molecule has 5 saturated heterocycles. The lowest BCUT2D eigenvalue weighted by molar-refractivity contribution is -0.144. The third-order valence-corrected chi connectivity index (χ3v) is 15.3. The number of aromatic nitrogens is 2. The predicted octanol–water partition coefficient (Wildman–Crippen LogP) is 11.7. The summed E-state index contributed by atoms with van der Waals surface area (Å²) in [5, 5.41) is 5.46. The number of morpholine rings is 2. The first kappa shape index (κ1) is 61.5. The molecule has 0 saturated carbocycles. The lowest BCUT2D eigenvalue weighted by Gasteiger charge is -2.32. The van der Waals surface area contributed by atoms with Crippen molar-refractivity contribution in [1.29, 1.82) is 0 Å². The number of nitrogens with one attached hydrogen (secondary N) is 2. The highest BCUT2D eigenvalue weighted by atomic mass is 127. The second-order valence-corrected chi connectivity index (χ2v) is 22.7. The summed E-state index contributed by atoms with van der Waals surface area (Å²) in [6.45, 7) is 19.3. The standard InChI is InChI=1S/C24H26F6N4O2.C20H28BF3N2O3.C10H13IN2O/c1-15-2-3-18(31-22(35)34-5-4-16(14-34)13-23(25,26)27)12-19(15)17-10-20(24(28,29)30)32-21(11-17)33-6-8-36-9-7-33;1-13-6-7-15(10-16(13)21-28-18(2,3)19(4,5)29-21)25-17(27)26-9-8-14(12-26)11-20(22,23)24;1-8-6-9(11)7-10(12-8)13-2-4-14-5-3-13/h2-3,10-12,16H,4-9,13-14H2,1H3,(H,31,35);6-7,10,14H,8-9,11-12H2,1-5H3,(H,25,27);6-7H,2-5H2,1H3/t16-;14-;/m00./s1. The molecular formula is C54H67BF9IN8O6. The van der Waals surface area contributed by atoms with E-state index < -0.39 is 79.3 Å². The van der Waals surface area contributed by atoms with Crippen molar-refractivity contribution in [2.24, 2.45) is 11.8 Å². The van der Waals surface area contributed by atoms with Crippen molar-refractivity contribution in [2.75, 3.05) is 99.2 Å². The van der Waals surface area contributed by atoms with E-state index in [1.807, 2.05) is 47.6 Å². The van der Waals surface area contributed by atoms with Crippen LogP contribution in [0.15, 0.2) is 60.7 Å². The molecule has 0 unspecified atom stereocenters. The number of anilines is 4. The summed E-state index contributed by atoms with van der Waals surface area (Å²) in [5.74, 6) is 0.0714. The number of hydrogen-bond acceptors (Lipinski definition) is 10. The van der Waals surface area contributed by atoms with Gasteiger partial charge in [-0.25, -0.2) is 19.6 Å². The Labute approximate surface area is 468 Å². The smallest absolute Gasteiger partial charge is 0.399 e. The van der Waals surface area contributed by atoms with E-state index in [4.69, 9.17) is 18.8 Å². The number of aryl methyl sites for hydroxylation is 3. The van der Waals surface area contributed by atoms with Gasteiger partial charge in [-0.1, -0.05) is 17.7 Å². The molecule has 5 aliphatic rings. The van der Waals surface area contributed by atoms with Gasteiger partial charge in [0.1, 0.15) is 17.3 Å². The van der Waals surface area contributed by atoms with Crippen LogP contribution < -0.4 is 25.9 Å². The van der Waals surface area contributed by atoms with Crippen molar-refractivity contribution in [3.05, 3.63) is 86.7 Å². The molecule has 2 atom stereocenters. The maximum atomic E-state index is 13.7. The van der Waals surface area contributed by atoms with E-state index in [0.29, 0.717) is 67.3 Å². The van der Waals surface area contributed by atoms with Crippen LogP contribution in [-0.4, -0.2) is 141 Å². The summed E-state index contributed by atoms with van der Waals surface area (Å²) in [6, 6.07) is 16.1. The van der Waals surface area contributed by atoms with E-state index in [1.165, 1.54) is 13.4 Å². The highest BCUT2D eigenvalue weighted by Crippen LogP contribution is 2.39. The SMILES string of the molecule is Cc1cc(I)cc(N2CCOCC2)n1.Cc1ccc(NC(=O)N2CC[C@@H](CC(F)(F)F)C2)cc1-c1cc(N2CCOCC2)nc(C(F)(F)F)c1.Cc1ccc(NC(=O)N2CC[C@@H](CC(F)(F)F)C2)cc1B1OC(C)(C)C(C)(C)O1. The van der Waals surface area contributed by atoms with Crippen LogP contribution in [0.25, 0.3) is 11.1 Å². The third kappa shape index (κ3) is 17.2. The van der Waals surface area contributed by atoms with Gasteiger partial charge in [0, 0.05) is 85.8 Å². The number of alkyl halides is 9. The fourth-order valence-corrected chi connectivity index (χ4v) is 10.4. The summed E-state index contributed by atoms with van der Waals surface area (Å²) in [6.07, 6.45) is -14.3. The van der Waals surface area contributed by atoms with E-state index in [0.717, 1.165) is 54.9 Å². The maximum Gasteiger partial charge on any atom is 0.495 e. The Morgan fingerprint density at radius 3 is 1.57 bits per heavy atom. The number of halogens is 10. The van der Waals surface area contributed by atoms with Gasteiger partial charge < -0.3 is 49.0 Å². The zero-order chi connectivity index (χ0) is 57.7. The molecule has 0 aliphatic carbocycles. The molecule has 2 aromatic carbocycles. The number of amides is 4. The van der Waals surface area contributed by atoms with Gasteiger partial charge in [0.05, 0.1) is 37.6 Å². The summed E-state index contributed by atoms with van der Waals surface area (Å²) in [5.41, 5.74) is 3.23. The maximum absolute atomic E-state index is 13.7. The molecule has 7 heterocycles. The molecule has 5 aliphatic heterocycles. The van der Waals surface area contributed by atoms with Gasteiger partial charge in [-0.2, -0.15) is 39.5 Å². The number of hydrogen-bond donors (Lipinski definition) is 2. The van der Waals surface area contributed by atoms with Crippen LogP contribution in [0.4, 0.5) is 72.1 Å². The molecule has 2 aromatic heterocycles. The number of benzene rings is 2. The third-order valence-electron chi connectivity index (χ3n) is 14.7. The van der Waals surface area contributed by atoms with E-state index in [2.05, 4.69) is 60.2 Å². The van der Waals surface area contributed by atoms with Crippen molar-refractivity contribution in [3.63, 3.8) is 0 Å². The largest absolute Gasteiger partial charge is 0.495 e. The summed E-state index contributed by atoms with van der Waals surface area (Å²) >= 11 is 2.33. The molecule has 25 heteroatoms. The number of rotatable bonds is 8. The quantitative estimate of drug-likeness (QED) is 0.0998. The average Bonchev–Trinajstić information content (AvgIpc) is 4.33. The first-order valence-electron chi connectivity index (χ1n) is 26.1. The number of urea groups is 2. The Morgan fingerprint density at radius 1 is 0.633 bits per heavy atom. The van der Waals surface area contributed by atoms with Crippen LogP contribution in [0.5, 0.6) is 0 Å². The van der Waals surface area contributed by atoms with Gasteiger partial charge in [-0.3, -0.25) is 0 Å². The fourth-order valence-electron chi connectivity index (χ4n) is 9.72. The van der Waals surface area contributed by atoms with Gasteiger partial charge in [0.15, 0.2) is 0 Å². The van der Waals surface area contributed by atoms with Crippen LogP contribution in [0, 0.1) is 36.2 Å². The zero-order valence-electron chi connectivity index (χ0n) is 45.2. The van der Waals surface area contributed by atoms with Gasteiger partial charge >= 0.3 is 37.7 Å². The molecular weight excluding hydrogens is 1170 g/mol. The van der Waals surface area contributed by atoms with Crippen LogP contribution in [-0.2, 0) is 25.0 Å². The molecule has 0 spiro atoms. The lowest BCUT2D eigenvalue weighted by Crippen LogP contribution is -2.41. The first-order valence-corrected chi connectivity index (χ1v) is 27.2. The van der Waals surface area contributed by atoms with Gasteiger partial charge in [-0.05, 0) is 166 Å². The summed E-state index contributed by atoms with van der Waals surface area (Å²) in [4.78, 5) is 40.3. The van der Waals surface area contributed by atoms with Crippen molar-refractivity contribution in [3.8, 4) is 11.1 Å². The minimum atomic E-state index is -4.65. The number of carbonyl (C=O) groups excluding carboxylic acids is 2. The molecule has 432 valence electrons. The molecule has 9 rings (SSSR count). The minimum absolute atomic E-state index is 0.00767. The number of nitrogens with zero attached hydrogens (tertiary/aromatic N) is 6. The molecule has 4 aromatic rings. The highest BCUT2D eigenvalue weighted by molar-refractivity contribution is 14.1. The first-order chi connectivity index (χ1) is 36.9. The predicted molar refractivity (Wildman–Crippen MR) is 293 cm³/mol. The van der Waals surface area contributed by atoms with E-state index in [9.17, 15) is 49.1 Å². The van der Waals surface area contributed by atoms with Crippen LogP contribution in [0.1, 0.15) is 75.9 Å². The average molecular weight is 1230 g/mol. The fraction of sp³-hybridized carbons (Fsp3) is 0.556. The van der Waals surface area contributed by atoms with Gasteiger partial charge in [-0.15, -0.1) is 0 Å². The van der Waals surface area contributed by atoms with Crippen LogP contribution in [0.2, 0.25) is 0 Å².